The van der Waals surface area contributed by atoms with E-state index in [1.807, 2.05) is 11.6 Å². The molecular weight excluding hydrogens is 224 g/mol. The first-order valence-corrected chi connectivity index (χ1v) is 5.95. The second kappa shape index (κ2) is 4.88. The number of thiocarbonyl (C=S) groups is 1. The van der Waals surface area contributed by atoms with E-state index in [0.29, 0.717) is 23.2 Å². The van der Waals surface area contributed by atoms with E-state index in [1.54, 1.807) is 0 Å². The van der Waals surface area contributed by atoms with Crippen LogP contribution in [-0.4, -0.2) is 33.2 Å². The summed E-state index contributed by atoms with van der Waals surface area (Å²) in [5.74, 6) is 0.535. The molecule has 0 aromatic carbocycles. The molecule has 0 amide bonds. The highest BCUT2D eigenvalue weighted by Gasteiger charge is 2.31. The summed E-state index contributed by atoms with van der Waals surface area (Å²) in [6, 6.07) is 0. The minimum Gasteiger partial charge on any atom is -0.388 e. The molecule has 5 nitrogen and oxygen atoms in total. The highest BCUT2D eigenvalue weighted by molar-refractivity contribution is 7.80. The fourth-order valence-electron chi connectivity index (χ4n) is 1.72. The Bertz CT molecular complexity index is 386. The maximum absolute atomic E-state index is 5.63. The molecule has 2 rings (SSSR count). The van der Waals surface area contributed by atoms with Gasteiger partial charge in [0.1, 0.15) is 10.7 Å². The van der Waals surface area contributed by atoms with Crippen LogP contribution in [0.5, 0.6) is 0 Å². The van der Waals surface area contributed by atoms with Crippen molar-refractivity contribution in [1.29, 1.82) is 0 Å². The van der Waals surface area contributed by atoms with Crippen molar-refractivity contribution in [3.05, 3.63) is 11.4 Å². The van der Waals surface area contributed by atoms with E-state index in [2.05, 4.69) is 10.3 Å². The lowest BCUT2D eigenvalue weighted by Gasteiger charge is -2.06. The van der Waals surface area contributed by atoms with Gasteiger partial charge in [-0.2, -0.15) is 0 Å². The molecule has 0 bridgehead atoms. The van der Waals surface area contributed by atoms with Crippen LogP contribution in [0, 0.1) is 0 Å². The lowest BCUT2D eigenvalue weighted by Crippen LogP contribution is -2.15. The zero-order valence-electron chi connectivity index (χ0n) is 9.35. The molecule has 1 aromatic rings. The number of hydrogen-bond acceptors (Lipinski definition) is 4. The van der Waals surface area contributed by atoms with Crippen LogP contribution < -0.4 is 5.73 Å². The van der Waals surface area contributed by atoms with Crippen LogP contribution in [0.1, 0.15) is 37.1 Å². The largest absolute Gasteiger partial charge is 0.388 e. The standard InChI is InChI=1S/C10H16N4OS/c1-2-15-6-5-14-9(7-3-4-7)8(10(11)16)12-13-14/h7H,2-6H2,1H3,(H2,11,16). The highest BCUT2D eigenvalue weighted by Crippen LogP contribution is 2.41. The minimum atomic E-state index is 0.338. The van der Waals surface area contributed by atoms with E-state index in [9.17, 15) is 0 Å². The molecule has 1 aliphatic rings. The number of nitrogens with zero attached hydrogens (tertiary/aromatic N) is 3. The van der Waals surface area contributed by atoms with Gasteiger partial charge in [0.05, 0.1) is 18.8 Å². The van der Waals surface area contributed by atoms with E-state index in [1.165, 1.54) is 12.8 Å². The molecule has 16 heavy (non-hydrogen) atoms. The second-order valence-corrected chi connectivity index (χ2v) is 4.32. The Hall–Kier alpha value is -1.01. The van der Waals surface area contributed by atoms with Crippen LogP contribution in [0.25, 0.3) is 0 Å². The Morgan fingerprint density at radius 2 is 2.38 bits per heavy atom. The molecule has 0 spiro atoms. The van der Waals surface area contributed by atoms with Crippen LogP contribution in [0.2, 0.25) is 0 Å². The van der Waals surface area contributed by atoms with E-state index in [0.717, 1.165) is 18.8 Å². The second-order valence-electron chi connectivity index (χ2n) is 3.88. The maximum atomic E-state index is 5.63. The van der Waals surface area contributed by atoms with Crippen molar-refractivity contribution in [3.8, 4) is 0 Å². The molecule has 0 aliphatic heterocycles. The molecule has 0 atom stereocenters. The molecular formula is C10H16N4OS. The molecule has 1 saturated carbocycles. The molecule has 6 heteroatoms. The topological polar surface area (TPSA) is 66.0 Å². The van der Waals surface area contributed by atoms with Gasteiger partial charge in [0, 0.05) is 12.5 Å². The fourth-order valence-corrected chi connectivity index (χ4v) is 1.86. The van der Waals surface area contributed by atoms with Crippen molar-refractivity contribution in [2.45, 2.75) is 32.2 Å². The average Bonchev–Trinajstić information content (AvgIpc) is 3.00. The van der Waals surface area contributed by atoms with Crippen molar-refractivity contribution in [1.82, 2.24) is 15.0 Å². The minimum absolute atomic E-state index is 0.338. The van der Waals surface area contributed by atoms with E-state index < -0.39 is 0 Å². The SMILES string of the molecule is CCOCCn1nnc(C(N)=S)c1C1CC1. The molecule has 1 heterocycles. The van der Waals surface area contributed by atoms with Gasteiger partial charge in [0.15, 0.2) is 0 Å². The van der Waals surface area contributed by atoms with Crippen molar-refractivity contribution in [2.75, 3.05) is 13.2 Å². The lowest BCUT2D eigenvalue weighted by molar-refractivity contribution is 0.135. The van der Waals surface area contributed by atoms with E-state index in [-0.39, 0.29) is 0 Å². The highest BCUT2D eigenvalue weighted by atomic mass is 32.1. The van der Waals surface area contributed by atoms with Gasteiger partial charge < -0.3 is 10.5 Å². The monoisotopic (exact) mass is 240 g/mol. The molecule has 1 fully saturated rings. The molecule has 0 saturated heterocycles. The van der Waals surface area contributed by atoms with Gasteiger partial charge in [-0.05, 0) is 19.8 Å². The molecule has 1 aromatic heterocycles. The number of hydrogen-bond donors (Lipinski definition) is 1. The number of ether oxygens (including phenoxy) is 1. The third-order valence-corrected chi connectivity index (χ3v) is 2.82. The van der Waals surface area contributed by atoms with E-state index in [4.69, 9.17) is 22.7 Å². The Labute approximate surface area is 100.0 Å². The maximum Gasteiger partial charge on any atom is 0.143 e. The zero-order valence-corrected chi connectivity index (χ0v) is 10.2. The first-order valence-electron chi connectivity index (χ1n) is 5.55. The quantitative estimate of drug-likeness (QED) is 0.589. The summed E-state index contributed by atoms with van der Waals surface area (Å²) >= 11 is 4.98. The van der Waals surface area contributed by atoms with Crippen LogP contribution in [0.3, 0.4) is 0 Å². The summed E-state index contributed by atoms with van der Waals surface area (Å²) in [6.07, 6.45) is 2.36. The Morgan fingerprint density at radius 3 is 2.94 bits per heavy atom. The summed E-state index contributed by atoms with van der Waals surface area (Å²) < 4.78 is 7.19. The molecule has 2 N–H and O–H groups in total. The summed E-state index contributed by atoms with van der Waals surface area (Å²) in [5, 5.41) is 8.14. The molecule has 88 valence electrons. The average molecular weight is 240 g/mol. The molecule has 0 unspecified atom stereocenters. The van der Waals surface area contributed by atoms with Gasteiger partial charge >= 0.3 is 0 Å². The predicted molar refractivity (Wildman–Crippen MR) is 64.4 cm³/mol. The summed E-state index contributed by atoms with van der Waals surface area (Å²) in [4.78, 5) is 0.338. The van der Waals surface area contributed by atoms with Gasteiger partial charge in [0.2, 0.25) is 0 Å². The van der Waals surface area contributed by atoms with Gasteiger partial charge in [-0.25, -0.2) is 4.68 Å². The number of rotatable bonds is 6. The fraction of sp³-hybridized carbons (Fsp3) is 0.700. The first kappa shape index (κ1) is 11.5. The lowest BCUT2D eigenvalue weighted by atomic mass is 10.2. The molecule has 0 radical (unpaired) electrons. The van der Waals surface area contributed by atoms with Crippen molar-refractivity contribution >= 4 is 17.2 Å². The zero-order chi connectivity index (χ0) is 11.5. The normalized spacial score (nSPS) is 15.3. The predicted octanol–water partition coefficient (Wildman–Crippen LogP) is 0.826. The van der Waals surface area contributed by atoms with Gasteiger partial charge in [-0.15, -0.1) is 5.10 Å². The first-order chi connectivity index (χ1) is 7.74. The van der Waals surface area contributed by atoms with Crippen molar-refractivity contribution in [3.63, 3.8) is 0 Å². The van der Waals surface area contributed by atoms with E-state index >= 15 is 0 Å². The van der Waals surface area contributed by atoms with Gasteiger partial charge in [-0.3, -0.25) is 0 Å². The Balaban J connectivity index is 2.14. The van der Waals surface area contributed by atoms with Crippen molar-refractivity contribution in [2.24, 2.45) is 5.73 Å². The van der Waals surface area contributed by atoms with Crippen LogP contribution >= 0.6 is 12.2 Å². The van der Waals surface area contributed by atoms with Gasteiger partial charge in [0.25, 0.3) is 0 Å². The third-order valence-electron chi connectivity index (χ3n) is 2.62. The smallest absolute Gasteiger partial charge is 0.143 e. The van der Waals surface area contributed by atoms with Crippen LogP contribution in [-0.2, 0) is 11.3 Å². The number of aromatic nitrogens is 3. The third kappa shape index (κ3) is 2.38. The van der Waals surface area contributed by atoms with Crippen LogP contribution in [0.15, 0.2) is 0 Å². The van der Waals surface area contributed by atoms with Crippen LogP contribution in [0.4, 0.5) is 0 Å². The summed E-state index contributed by atoms with van der Waals surface area (Å²) in [7, 11) is 0. The van der Waals surface area contributed by atoms with Crippen molar-refractivity contribution < 1.29 is 4.74 Å². The summed E-state index contributed by atoms with van der Waals surface area (Å²) in [5.41, 5.74) is 7.41. The Kier molecular flexibility index (Phi) is 3.50. The molecule has 1 aliphatic carbocycles. The Morgan fingerprint density at radius 1 is 1.62 bits per heavy atom. The number of nitrogens with two attached hydrogens (primary N) is 1. The van der Waals surface area contributed by atoms with Gasteiger partial charge in [-0.1, -0.05) is 17.4 Å². The summed E-state index contributed by atoms with van der Waals surface area (Å²) in [6.45, 7) is 4.06.